The fraction of sp³-hybridized carbons (Fsp3) is 0.435. The van der Waals surface area contributed by atoms with Crippen LogP contribution in [0.3, 0.4) is 0 Å². The first-order chi connectivity index (χ1) is 14.2. The first-order valence-electron chi connectivity index (χ1n) is 10.4. The summed E-state index contributed by atoms with van der Waals surface area (Å²) < 4.78 is 6.09. The number of hydrogen-bond donors (Lipinski definition) is 0. The summed E-state index contributed by atoms with van der Waals surface area (Å²) in [5.74, 6) is 0.960. The van der Waals surface area contributed by atoms with Crippen molar-refractivity contribution in [3.8, 4) is 5.75 Å². The van der Waals surface area contributed by atoms with E-state index in [-0.39, 0.29) is 17.7 Å². The summed E-state index contributed by atoms with van der Waals surface area (Å²) in [6, 6.07) is 11.1. The van der Waals surface area contributed by atoms with Crippen LogP contribution in [0.15, 0.2) is 48.8 Å². The molecule has 2 aliphatic heterocycles. The van der Waals surface area contributed by atoms with E-state index in [0.29, 0.717) is 30.0 Å². The van der Waals surface area contributed by atoms with Crippen molar-refractivity contribution < 1.29 is 14.3 Å². The Morgan fingerprint density at radius 1 is 0.966 bits per heavy atom. The molecule has 1 aromatic carbocycles. The number of pyridine rings is 1. The fourth-order valence-electron chi connectivity index (χ4n) is 4.12. The molecule has 152 valence electrons. The number of rotatable bonds is 5. The highest BCUT2D eigenvalue weighted by Gasteiger charge is 2.26. The highest BCUT2D eigenvalue weighted by molar-refractivity contribution is 5.97. The first kappa shape index (κ1) is 19.4. The second kappa shape index (κ2) is 9.07. The monoisotopic (exact) mass is 393 g/mol. The molecular formula is C23H27N3O3. The number of carbonyl (C=O) groups excluding carboxylic acids is 2. The number of likely N-dealkylation sites (tertiary alicyclic amines) is 2. The smallest absolute Gasteiger partial charge is 0.257 e. The zero-order valence-electron chi connectivity index (χ0n) is 16.6. The molecule has 0 aliphatic carbocycles. The Bertz CT molecular complexity index is 849. The second-order valence-electron chi connectivity index (χ2n) is 7.81. The van der Waals surface area contributed by atoms with Crippen LogP contribution in [0.25, 0.3) is 0 Å². The summed E-state index contributed by atoms with van der Waals surface area (Å²) in [6.45, 7) is 3.56. The van der Waals surface area contributed by atoms with Crippen molar-refractivity contribution >= 4 is 11.8 Å². The SMILES string of the molecule is O=C(c1cccnc1)N1CCCC(COc2ccccc2C(=O)N2CCCC2)C1. The number of carbonyl (C=O) groups is 2. The third kappa shape index (κ3) is 4.58. The van der Waals surface area contributed by atoms with Crippen LogP contribution in [0.1, 0.15) is 46.4 Å². The second-order valence-corrected chi connectivity index (χ2v) is 7.81. The average Bonchev–Trinajstić information content (AvgIpc) is 3.33. The molecule has 1 aromatic heterocycles. The molecule has 0 spiro atoms. The summed E-state index contributed by atoms with van der Waals surface area (Å²) in [6.07, 6.45) is 7.38. The Hall–Kier alpha value is -2.89. The summed E-state index contributed by atoms with van der Waals surface area (Å²) >= 11 is 0. The minimum absolute atomic E-state index is 0.0208. The fourth-order valence-corrected chi connectivity index (χ4v) is 4.12. The third-order valence-electron chi connectivity index (χ3n) is 5.70. The summed E-state index contributed by atoms with van der Waals surface area (Å²) in [5.41, 5.74) is 1.25. The van der Waals surface area contributed by atoms with Crippen LogP contribution in [0.2, 0.25) is 0 Å². The molecule has 0 radical (unpaired) electrons. The topological polar surface area (TPSA) is 62.7 Å². The summed E-state index contributed by atoms with van der Waals surface area (Å²) in [4.78, 5) is 33.3. The van der Waals surface area contributed by atoms with Gasteiger partial charge in [0.2, 0.25) is 0 Å². The molecule has 2 saturated heterocycles. The predicted molar refractivity (Wildman–Crippen MR) is 110 cm³/mol. The van der Waals surface area contributed by atoms with Crippen LogP contribution in [0.5, 0.6) is 5.75 Å². The normalized spacial score (nSPS) is 19.2. The largest absolute Gasteiger partial charge is 0.492 e. The Morgan fingerprint density at radius 3 is 2.55 bits per heavy atom. The number of piperidine rings is 1. The van der Waals surface area contributed by atoms with Gasteiger partial charge in [0.05, 0.1) is 17.7 Å². The molecule has 3 heterocycles. The van der Waals surface area contributed by atoms with Gasteiger partial charge in [0.15, 0.2) is 0 Å². The third-order valence-corrected chi connectivity index (χ3v) is 5.70. The van der Waals surface area contributed by atoms with Crippen molar-refractivity contribution in [3.05, 3.63) is 59.9 Å². The van der Waals surface area contributed by atoms with Crippen LogP contribution >= 0.6 is 0 Å². The molecule has 2 aromatic rings. The van der Waals surface area contributed by atoms with E-state index in [1.807, 2.05) is 34.1 Å². The molecule has 6 nitrogen and oxygen atoms in total. The van der Waals surface area contributed by atoms with Gasteiger partial charge in [0.25, 0.3) is 11.8 Å². The van der Waals surface area contributed by atoms with Crippen molar-refractivity contribution in [3.63, 3.8) is 0 Å². The molecule has 1 atom stereocenters. The highest BCUT2D eigenvalue weighted by atomic mass is 16.5. The number of aromatic nitrogens is 1. The minimum atomic E-state index is 0.0208. The number of para-hydroxylation sites is 1. The molecule has 2 fully saturated rings. The zero-order valence-corrected chi connectivity index (χ0v) is 16.6. The van der Waals surface area contributed by atoms with Crippen LogP contribution in [0.4, 0.5) is 0 Å². The van der Waals surface area contributed by atoms with Gasteiger partial charge in [0.1, 0.15) is 5.75 Å². The molecule has 2 amide bonds. The molecule has 0 N–H and O–H groups in total. The molecule has 6 heteroatoms. The Kier molecular flexibility index (Phi) is 6.08. The lowest BCUT2D eigenvalue weighted by Gasteiger charge is -2.32. The van der Waals surface area contributed by atoms with Gasteiger partial charge in [-0.3, -0.25) is 14.6 Å². The van der Waals surface area contributed by atoms with Crippen molar-refractivity contribution in [1.29, 1.82) is 0 Å². The highest BCUT2D eigenvalue weighted by Crippen LogP contribution is 2.25. The first-order valence-corrected chi connectivity index (χ1v) is 10.4. The molecular weight excluding hydrogens is 366 g/mol. The van der Waals surface area contributed by atoms with Gasteiger partial charge >= 0.3 is 0 Å². The van der Waals surface area contributed by atoms with Gasteiger partial charge in [-0.25, -0.2) is 0 Å². The molecule has 2 aliphatic rings. The van der Waals surface area contributed by atoms with Crippen LogP contribution < -0.4 is 4.74 Å². The zero-order chi connectivity index (χ0) is 20.1. The average molecular weight is 393 g/mol. The van der Waals surface area contributed by atoms with Gasteiger partial charge in [-0.2, -0.15) is 0 Å². The molecule has 29 heavy (non-hydrogen) atoms. The number of ether oxygens (including phenoxy) is 1. The number of amides is 2. The van der Waals surface area contributed by atoms with Crippen LogP contribution in [-0.2, 0) is 0 Å². The molecule has 0 bridgehead atoms. The van der Waals surface area contributed by atoms with E-state index in [2.05, 4.69) is 4.98 Å². The molecule has 1 unspecified atom stereocenters. The van der Waals surface area contributed by atoms with E-state index in [9.17, 15) is 9.59 Å². The van der Waals surface area contributed by atoms with Crippen LogP contribution in [-0.4, -0.2) is 59.4 Å². The number of benzene rings is 1. The van der Waals surface area contributed by atoms with E-state index in [1.54, 1.807) is 24.5 Å². The molecule has 0 saturated carbocycles. The maximum atomic E-state index is 12.8. The summed E-state index contributed by atoms with van der Waals surface area (Å²) in [7, 11) is 0. The number of nitrogens with zero attached hydrogens (tertiary/aromatic N) is 3. The maximum Gasteiger partial charge on any atom is 0.257 e. The minimum Gasteiger partial charge on any atom is -0.492 e. The van der Waals surface area contributed by atoms with Crippen molar-refractivity contribution in [1.82, 2.24) is 14.8 Å². The quantitative estimate of drug-likeness (QED) is 0.782. The van der Waals surface area contributed by atoms with Gasteiger partial charge in [-0.15, -0.1) is 0 Å². The predicted octanol–water partition coefficient (Wildman–Crippen LogP) is 3.25. The van der Waals surface area contributed by atoms with Gasteiger partial charge in [0, 0.05) is 44.5 Å². The van der Waals surface area contributed by atoms with Gasteiger partial charge in [-0.1, -0.05) is 12.1 Å². The Morgan fingerprint density at radius 2 is 1.76 bits per heavy atom. The van der Waals surface area contributed by atoms with Crippen molar-refractivity contribution in [2.45, 2.75) is 25.7 Å². The standard InChI is InChI=1S/C23H27N3O3/c27-22(19-8-5-11-24-15-19)26-14-6-7-18(16-26)17-29-21-10-2-1-9-20(21)23(28)25-12-3-4-13-25/h1-2,5,8-11,15,18H,3-4,6-7,12-14,16-17H2. The maximum absolute atomic E-state index is 12.8. The van der Waals surface area contributed by atoms with E-state index in [4.69, 9.17) is 4.74 Å². The Labute approximate surface area is 171 Å². The summed E-state index contributed by atoms with van der Waals surface area (Å²) in [5, 5.41) is 0. The Balaban J connectivity index is 1.38. The van der Waals surface area contributed by atoms with Crippen LogP contribution in [0, 0.1) is 5.92 Å². The van der Waals surface area contributed by atoms with E-state index in [1.165, 1.54) is 0 Å². The molecule has 4 rings (SSSR count). The lowest BCUT2D eigenvalue weighted by molar-refractivity contribution is 0.0632. The van der Waals surface area contributed by atoms with Gasteiger partial charge < -0.3 is 14.5 Å². The number of hydrogen-bond acceptors (Lipinski definition) is 4. The lowest BCUT2D eigenvalue weighted by atomic mass is 9.98. The lowest BCUT2D eigenvalue weighted by Crippen LogP contribution is -2.41. The van der Waals surface area contributed by atoms with Crippen molar-refractivity contribution in [2.75, 3.05) is 32.8 Å². The van der Waals surface area contributed by atoms with E-state index < -0.39 is 0 Å². The van der Waals surface area contributed by atoms with E-state index >= 15 is 0 Å². The van der Waals surface area contributed by atoms with Crippen molar-refractivity contribution in [2.24, 2.45) is 5.92 Å². The van der Waals surface area contributed by atoms with E-state index in [0.717, 1.165) is 45.3 Å². The van der Waals surface area contributed by atoms with Gasteiger partial charge in [-0.05, 0) is 49.9 Å².